The first kappa shape index (κ1) is 21.3. The van der Waals surface area contributed by atoms with E-state index in [0.29, 0.717) is 11.0 Å². The predicted octanol–water partition coefficient (Wildman–Crippen LogP) is 6.31. The smallest absolute Gasteiger partial charge is 0.174 e. The average Bonchev–Trinajstić information content (AvgIpc) is 3.44. The van der Waals surface area contributed by atoms with Gasteiger partial charge in [0.1, 0.15) is 11.9 Å². The monoisotopic (exact) mass is 456 g/mol. The third-order valence-electron chi connectivity index (χ3n) is 6.11. The molecule has 0 amide bonds. The van der Waals surface area contributed by atoms with Crippen LogP contribution in [-0.4, -0.2) is 14.7 Å². The molecule has 6 heteroatoms. The predicted molar refractivity (Wildman–Crippen MR) is 134 cm³/mol. The topological polar surface area (TPSA) is 33.1 Å². The van der Waals surface area contributed by atoms with E-state index < -0.39 is 0 Å². The van der Waals surface area contributed by atoms with Crippen molar-refractivity contribution in [2.45, 2.75) is 31.8 Å². The van der Waals surface area contributed by atoms with Crippen LogP contribution in [0.2, 0.25) is 0 Å². The van der Waals surface area contributed by atoms with Gasteiger partial charge in [0.15, 0.2) is 5.11 Å². The van der Waals surface area contributed by atoms with Gasteiger partial charge in [-0.2, -0.15) is 0 Å². The van der Waals surface area contributed by atoms with Crippen LogP contribution in [0.4, 0.5) is 10.1 Å². The molecule has 0 bridgehead atoms. The summed E-state index contributed by atoms with van der Waals surface area (Å²) in [5.41, 5.74) is 4.95. The van der Waals surface area contributed by atoms with E-state index in [9.17, 15) is 4.39 Å². The van der Waals surface area contributed by atoms with Crippen molar-refractivity contribution in [3.8, 4) is 5.69 Å². The lowest BCUT2D eigenvalue weighted by atomic mass is 9.99. The maximum Gasteiger partial charge on any atom is 0.174 e. The first-order chi connectivity index (χ1) is 16.0. The molecule has 1 aliphatic rings. The maximum atomic E-state index is 14.0. The van der Waals surface area contributed by atoms with Gasteiger partial charge in [-0.05, 0) is 78.3 Å². The number of aromatic nitrogens is 2. The van der Waals surface area contributed by atoms with Crippen molar-refractivity contribution in [3.05, 3.63) is 114 Å². The third kappa shape index (κ3) is 4.02. The van der Waals surface area contributed by atoms with E-state index in [4.69, 9.17) is 12.2 Å². The summed E-state index contributed by atoms with van der Waals surface area (Å²) in [4.78, 5) is 6.76. The molecule has 0 saturated carbocycles. The summed E-state index contributed by atoms with van der Waals surface area (Å²) in [6, 6.07) is 24.8. The molecule has 33 heavy (non-hydrogen) atoms. The Bertz CT molecular complexity index is 1270. The summed E-state index contributed by atoms with van der Waals surface area (Å²) >= 11 is 5.83. The molecular formula is C27H25FN4S. The van der Waals surface area contributed by atoms with E-state index in [1.807, 2.05) is 41.1 Å². The molecule has 4 nitrogen and oxygen atoms in total. The van der Waals surface area contributed by atoms with E-state index in [-0.39, 0.29) is 17.9 Å². The second-order valence-electron chi connectivity index (χ2n) is 8.53. The molecule has 0 aliphatic carbocycles. The minimum absolute atomic E-state index is 0.161. The number of anilines is 1. The molecule has 2 aromatic heterocycles. The summed E-state index contributed by atoms with van der Waals surface area (Å²) in [6.07, 6.45) is 3.75. The lowest BCUT2D eigenvalue weighted by Crippen LogP contribution is -2.30. The van der Waals surface area contributed by atoms with Gasteiger partial charge < -0.3 is 14.8 Å². The fraction of sp³-hybridized carbons (Fsp3) is 0.185. The molecule has 2 atom stereocenters. The Balaban J connectivity index is 1.64. The summed E-state index contributed by atoms with van der Waals surface area (Å²) in [5, 5.41) is 4.13. The zero-order valence-electron chi connectivity index (χ0n) is 18.5. The number of pyridine rings is 1. The normalized spacial score (nSPS) is 18.1. The lowest BCUT2D eigenvalue weighted by molar-refractivity contribution is 0.549. The summed E-state index contributed by atoms with van der Waals surface area (Å²) < 4.78 is 16.1. The highest BCUT2D eigenvalue weighted by Crippen LogP contribution is 2.42. The van der Waals surface area contributed by atoms with E-state index in [1.54, 1.807) is 18.3 Å². The van der Waals surface area contributed by atoms with Gasteiger partial charge in [-0.1, -0.05) is 38.1 Å². The fourth-order valence-electron chi connectivity index (χ4n) is 4.45. The van der Waals surface area contributed by atoms with Crippen molar-refractivity contribution in [1.82, 2.24) is 14.9 Å². The fourth-order valence-corrected chi connectivity index (χ4v) is 4.80. The van der Waals surface area contributed by atoms with Crippen LogP contribution in [0.25, 0.3) is 5.69 Å². The van der Waals surface area contributed by atoms with Gasteiger partial charge in [-0.25, -0.2) is 4.39 Å². The summed E-state index contributed by atoms with van der Waals surface area (Å²) in [7, 11) is 0. The van der Waals surface area contributed by atoms with Crippen molar-refractivity contribution in [1.29, 1.82) is 0 Å². The largest absolute Gasteiger partial charge is 0.351 e. The Morgan fingerprint density at radius 1 is 0.939 bits per heavy atom. The van der Waals surface area contributed by atoms with Crippen LogP contribution in [0.3, 0.4) is 0 Å². The lowest BCUT2D eigenvalue weighted by Gasteiger charge is -2.29. The summed E-state index contributed by atoms with van der Waals surface area (Å²) in [6.45, 7) is 4.37. The van der Waals surface area contributed by atoms with Gasteiger partial charge in [0.05, 0.1) is 11.7 Å². The van der Waals surface area contributed by atoms with Crippen molar-refractivity contribution >= 4 is 23.0 Å². The summed E-state index contributed by atoms with van der Waals surface area (Å²) in [5.74, 6) is 0.180. The average molecular weight is 457 g/mol. The molecule has 1 fully saturated rings. The van der Waals surface area contributed by atoms with Gasteiger partial charge in [0.25, 0.3) is 0 Å². The highest BCUT2D eigenvalue weighted by atomic mass is 32.1. The molecule has 0 radical (unpaired) electrons. The number of nitrogens with zero attached hydrogens (tertiary/aromatic N) is 3. The molecule has 166 valence electrons. The Kier molecular flexibility index (Phi) is 5.68. The molecule has 3 heterocycles. The first-order valence-corrected chi connectivity index (χ1v) is 11.5. The van der Waals surface area contributed by atoms with Crippen molar-refractivity contribution in [2.75, 3.05) is 4.90 Å². The van der Waals surface area contributed by atoms with Crippen LogP contribution < -0.4 is 10.2 Å². The van der Waals surface area contributed by atoms with Gasteiger partial charge in [0.2, 0.25) is 0 Å². The van der Waals surface area contributed by atoms with Crippen molar-refractivity contribution in [2.24, 2.45) is 0 Å². The molecule has 0 spiro atoms. The number of rotatable bonds is 5. The van der Waals surface area contributed by atoms with Crippen LogP contribution in [0.15, 0.2) is 91.3 Å². The first-order valence-electron chi connectivity index (χ1n) is 11.1. The number of hydrogen-bond acceptors (Lipinski definition) is 2. The minimum atomic E-state index is -0.269. The van der Waals surface area contributed by atoms with Crippen molar-refractivity contribution < 1.29 is 4.39 Å². The maximum absolute atomic E-state index is 14.0. The molecule has 2 aromatic carbocycles. The van der Waals surface area contributed by atoms with Gasteiger partial charge >= 0.3 is 0 Å². The molecule has 1 N–H and O–H groups in total. The molecule has 0 unspecified atom stereocenters. The number of benzene rings is 2. The highest BCUT2D eigenvalue weighted by Gasteiger charge is 2.42. The Morgan fingerprint density at radius 2 is 1.76 bits per heavy atom. The standard InChI is InChI=1S/C27H25FN4S/c1-18(2)19-11-13-21(14-12-19)32-26(25(30-27(32)33)23-9-3-4-15-29-23)24-10-6-16-31(24)22-8-5-7-20(28)17-22/h3-18,25-26H,1-2H3,(H,30,33)/t25-,26+/m1/s1. The quantitative estimate of drug-likeness (QED) is 0.357. The SMILES string of the molecule is CC(C)c1ccc(N2C(=S)N[C@H](c3ccccn3)[C@@H]2c2cccn2-c2cccc(F)c2)cc1. The van der Waals surface area contributed by atoms with Gasteiger partial charge in [0, 0.05) is 29.5 Å². The van der Waals surface area contributed by atoms with Gasteiger partial charge in [-0.15, -0.1) is 0 Å². The zero-order valence-corrected chi connectivity index (χ0v) is 19.3. The number of thiocarbonyl (C=S) groups is 1. The van der Waals surface area contributed by atoms with E-state index >= 15 is 0 Å². The number of halogens is 1. The van der Waals surface area contributed by atoms with Crippen LogP contribution in [-0.2, 0) is 0 Å². The van der Waals surface area contributed by atoms with E-state index in [2.05, 4.69) is 59.4 Å². The number of nitrogens with one attached hydrogen (secondary N) is 1. The number of hydrogen-bond donors (Lipinski definition) is 1. The molecule has 1 saturated heterocycles. The van der Waals surface area contributed by atoms with Crippen LogP contribution >= 0.6 is 12.2 Å². The third-order valence-corrected chi connectivity index (χ3v) is 6.42. The van der Waals surface area contributed by atoms with Gasteiger partial charge in [-0.3, -0.25) is 4.98 Å². The zero-order chi connectivity index (χ0) is 22.9. The van der Waals surface area contributed by atoms with Crippen molar-refractivity contribution in [3.63, 3.8) is 0 Å². The van der Waals surface area contributed by atoms with E-state index in [1.165, 1.54) is 11.6 Å². The Morgan fingerprint density at radius 3 is 2.45 bits per heavy atom. The minimum Gasteiger partial charge on any atom is -0.351 e. The molecule has 5 rings (SSSR count). The molecular weight excluding hydrogens is 431 g/mol. The Hall–Kier alpha value is -3.51. The van der Waals surface area contributed by atoms with Crippen LogP contribution in [0.1, 0.15) is 48.8 Å². The highest BCUT2D eigenvalue weighted by molar-refractivity contribution is 7.80. The second-order valence-corrected chi connectivity index (χ2v) is 8.91. The molecule has 1 aliphatic heterocycles. The Labute approximate surface area is 198 Å². The van der Waals surface area contributed by atoms with Crippen LogP contribution in [0, 0.1) is 5.82 Å². The van der Waals surface area contributed by atoms with E-state index in [0.717, 1.165) is 22.8 Å². The molecule has 4 aromatic rings. The van der Waals surface area contributed by atoms with Crippen LogP contribution in [0.5, 0.6) is 0 Å². The second kappa shape index (κ2) is 8.79.